The highest BCUT2D eigenvalue weighted by Crippen LogP contribution is 2.37. The molecule has 8 heteroatoms. The highest BCUT2D eigenvalue weighted by atomic mass is 32.1. The number of imidazole rings is 1. The fraction of sp³-hybridized carbons (Fsp3) is 0.480. The van der Waals surface area contributed by atoms with Gasteiger partial charge in [-0.1, -0.05) is 18.6 Å². The number of nitrogens with zero attached hydrogens (tertiary/aromatic N) is 3. The number of rotatable bonds is 4. The van der Waals surface area contributed by atoms with Gasteiger partial charge in [-0.3, -0.25) is 14.3 Å². The molecule has 7 nitrogen and oxygen atoms in total. The van der Waals surface area contributed by atoms with Crippen LogP contribution in [-0.4, -0.2) is 39.5 Å². The number of hydrogen-bond donors (Lipinski definition) is 2. The summed E-state index contributed by atoms with van der Waals surface area (Å²) in [5, 5.41) is 13.5. The number of anilines is 1. The minimum Gasteiger partial charge on any atom is -0.315 e. The SMILES string of the molecule is C[C@H](C(=O)Nc1sc2c(c1C#N)CCCCC2)N1CCC(n2c(=O)[nH]c3ccccc32)CC1. The molecule has 3 heterocycles. The number of fused-ring (bicyclic) bond motifs is 2. The molecule has 0 saturated carbocycles. The minimum atomic E-state index is -0.293. The van der Waals surface area contributed by atoms with Crippen LogP contribution in [0.1, 0.15) is 61.1 Å². The summed E-state index contributed by atoms with van der Waals surface area (Å²) in [6.07, 6.45) is 7.02. The number of nitriles is 1. The van der Waals surface area contributed by atoms with Gasteiger partial charge in [0.15, 0.2) is 0 Å². The molecule has 1 aromatic carbocycles. The molecule has 1 amide bonds. The number of aromatic nitrogens is 2. The van der Waals surface area contributed by atoms with Crippen LogP contribution in [-0.2, 0) is 17.6 Å². The Morgan fingerprint density at radius 2 is 1.97 bits per heavy atom. The number of likely N-dealkylation sites (tertiary alicyclic amines) is 1. The van der Waals surface area contributed by atoms with Gasteiger partial charge in [0.25, 0.3) is 0 Å². The zero-order valence-corrected chi connectivity index (χ0v) is 19.7. The predicted octanol–water partition coefficient (Wildman–Crippen LogP) is 4.20. The first-order chi connectivity index (χ1) is 16.1. The molecule has 33 heavy (non-hydrogen) atoms. The lowest BCUT2D eigenvalue weighted by Gasteiger charge is -2.35. The molecule has 2 aromatic heterocycles. The van der Waals surface area contributed by atoms with Gasteiger partial charge in [0.05, 0.1) is 22.6 Å². The number of carbonyl (C=O) groups is 1. The van der Waals surface area contributed by atoms with Crippen LogP contribution < -0.4 is 11.0 Å². The summed E-state index contributed by atoms with van der Waals surface area (Å²) in [7, 11) is 0. The van der Waals surface area contributed by atoms with E-state index < -0.39 is 0 Å². The lowest BCUT2D eigenvalue weighted by atomic mass is 10.0. The van der Waals surface area contributed by atoms with Gasteiger partial charge < -0.3 is 10.3 Å². The Labute approximate surface area is 197 Å². The van der Waals surface area contributed by atoms with Crippen molar-refractivity contribution in [2.24, 2.45) is 0 Å². The van der Waals surface area contributed by atoms with E-state index in [1.165, 1.54) is 11.3 Å². The van der Waals surface area contributed by atoms with Gasteiger partial charge in [0.2, 0.25) is 5.91 Å². The molecule has 0 unspecified atom stereocenters. The number of nitrogens with one attached hydrogen (secondary N) is 2. The fourth-order valence-electron chi connectivity index (χ4n) is 5.30. The van der Waals surface area contributed by atoms with Crippen molar-refractivity contribution in [3.8, 4) is 6.07 Å². The molecule has 0 radical (unpaired) electrons. The first-order valence-corrected chi connectivity index (χ1v) is 12.7. The summed E-state index contributed by atoms with van der Waals surface area (Å²) < 4.78 is 1.87. The van der Waals surface area contributed by atoms with Gasteiger partial charge in [0, 0.05) is 24.0 Å². The molecule has 2 N–H and O–H groups in total. The molecule has 1 aliphatic carbocycles. The summed E-state index contributed by atoms with van der Waals surface area (Å²) in [6.45, 7) is 3.42. The van der Waals surface area contributed by atoms with Crippen LogP contribution in [0.4, 0.5) is 5.00 Å². The summed E-state index contributed by atoms with van der Waals surface area (Å²) >= 11 is 1.58. The van der Waals surface area contributed by atoms with Gasteiger partial charge in [-0.05, 0) is 63.1 Å². The van der Waals surface area contributed by atoms with Crippen molar-refractivity contribution in [3.63, 3.8) is 0 Å². The van der Waals surface area contributed by atoms with Crippen molar-refractivity contribution < 1.29 is 4.79 Å². The predicted molar refractivity (Wildman–Crippen MR) is 131 cm³/mol. The Kier molecular flexibility index (Phi) is 6.09. The van der Waals surface area contributed by atoms with E-state index >= 15 is 0 Å². The zero-order valence-electron chi connectivity index (χ0n) is 18.9. The smallest absolute Gasteiger partial charge is 0.315 e. The molecule has 1 fully saturated rings. The molecule has 1 saturated heterocycles. The maximum Gasteiger partial charge on any atom is 0.326 e. The van der Waals surface area contributed by atoms with Crippen molar-refractivity contribution in [3.05, 3.63) is 50.8 Å². The number of aryl methyl sites for hydroxylation is 1. The van der Waals surface area contributed by atoms with Crippen LogP contribution in [0, 0.1) is 11.3 Å². The molecule has 0 spiro atoms. The van der Waals surface area contributed by atoms with Crippen molar-refractivity contribution >= 4 is 33.3 Å². The zero-order chi connectivity index (χ0) is 22.9. The third kappa shape index (κ3) is 4.11. The third-order valence-electron chi connectivity index (χ3n) is 7.19. The quantitative estimate of drug-likeness (QED) is 0.567. The lowest BCUT2D eigenvalue weighted by molar-refractivity contribution is -0.121. The second-order valence-corrected chi connectivity index (χ2v) is 10.2. The van der Waals surface area contributed by atoms with Gasteiger partial charge in [-0.15, -0.1) is 11.3 Å². The molecule has 172 valence electrons. The molecule has 0 bridgehead atoms. The van der Waals surface area contributed by atoms with E-state index in [-0.39, 0.29) is 23.7 Å². The molecular weight excluding hydrogens is 434 g/mol. The number of para-hydroxylation sites is 2. The number of H-pyrrole nitrogens is 1. The Hall–Kier alpha value is -2.89. The van der Waals surface area contributed by atoms with Crippen molar-refractivity contribution in [2.75, 3.05) is 18.4 Å². The van der Waals surface area contributed by atoms with E-state index in [9.17, 15) is 14.9 Å². The van der Waals surface area contributed by atoms with E-state index in [0.29, 0.717) is 10.6 Å². The first kappa shape index (κ1) is 21.9. The molecule has 2 aliphatic rings. The van der Waals surface area contributed by atoms with E-state index in [4.69, 9.17) is 0 Å². The average molecular weight is 464 g/mol. The summed E-state index contributed by atoms with van der Waals surface area (Å²) in [5.41, 5.74) is 3.54. The topological polar surface area (TPSA) is 93.9 Å². The number of amides is 1. The number of carbonyl (C=O) groups excluding carboxylic acids is 1. The molecular formula is C25H29N5O2S. The normalized spacial score (nSPS) is 18.4. The minimum absolute atomic E-state index is 0.0642. The number of thiophene rings is 1. The van der Waals surface area contributed by atoms with Crippen LogP contribution in [0.25, 0.3) is 11.0 Å². The maximum atomic E-state index is 13.1. The number of piperidine rings is 1. The summed E-state index contributed by atoms with van der Waals surface area (Å²) in [6, 6.07) is 9.95. The van der Waals surface area contributed by atoms with Crippen molar-refractivity contribution in [1.29, 1.82) is 5.26 Å². The average Bonchev–Trinajstić information content (AvgIpc) is 3.24. The second kappa shape index (κ2) is 9.16. The van der Waals surface area contributed by atoms with Crippen LogP contribution in [0.2, 0.25) is 0 Å². The van der Waals surface area contributed by atoms with Crippen LogP contribution in [0.5, 0.6) is 0 Å². The van der Waals surface area contributed by atoms with E-state index in [0.717, 1.165) is 68.2 Å². The van der Waals surface area contributed by atoms with Crippen LogP contribution >= 0.6 is 11.3 Å². The first-order valence-electron chi connectivity index (χ1n) is 11.9. The van der Waals surface area contributed by atoms with E-state index in [2.05, 4.69) is 21.3 Å². The molecule has 1 aliphatic heterocycles. The van der Waals surface area contributed by atoms with Gasteiger partial charge in [-0.25, -0.2) is 4.79 Å². The van der Waals surface area contributed by atoms with Gasteiger partial charge >= 0.3 is 5.69 Å². The molecule has 3 aromatic rings. The Morgan fingerprint density at radius 1 is 1.21 bits per heavy atom. The van der Waals surface area contributed by atoms with Gasteiger partial charge in [-0.2, -0.15) is 5.26 Å². The third-order valence-corrected chi connectivity index (χ3v) is 8.39. The molecule has 5 rings (SSSR count). The Morgan fingerprint density at radius 3 is 2.76 bits per heavy atom. The maximum absolute atomic E-state index is 13.1. The fourth-order valence-corrected chi connectivity index (χ4v) is 6.54. The standard InChI is InChI=1S/C25H29N5O2S/c1-16(23(31)28-24-19(15-26)18-7-3-2-4-10-22(18)33-24)29-13-11-17(12-14-29)30-21-9-6-5-8-20(21)27-25(30)32/h5-6,8-9,16-17H,2-4,7,10-14H2,1H3,(H,27,32)(H,28,31)/t16-/m1/s1. The highest BCUT2D eigenvalue weighted by Gasteiger charge is 2.30. The highest BCUT2D eigenvalue weighted by molar-refractivity contribution is 7.16. The van der Waals surface area contributed by atoms with E-state index in [1.54, 1.807) is 11.3 Å². The van der Waals surface area contributed by atoms with Crippen molar-refractivity contribution in [2.45, 2.75) is 64.0 Å². The number of aromatic amines is 1. The summed E-state index contributed by atoms with van der Waals surface area (Å²) in [4.78, 5) is 32.0. The lowest BCUT2D eigenvalue weighted by Crippen LogP contribution is -2.46. The van der Waals surface area contributed by atoms with Gasteiger partial charge in [0.1, 0.15) is 11.1 Å². The van der Waals surface area contributed by atoms with Crippen LogP contribution in [0.15, 0.2) is 29.1 Å². The summed E-state index contributed by atoms with van der Waals surface area (Å²) in [5.74, 6) is -0.0642. The molecule has 1 atom stereocenters. The monoisotopic (exact) mass is 463 g/mol. The number of hydrogen-bond acceptors (Lipinski definition) is 5. The van der Waals surface area contributed by atoms with Crippen molar-refractivity contribution in [1.82, 2.24) is 14.5 Å². The van der Waals surface area contributed by atoms with E-state index in [1.807, 2.05) is 35.8 Å². The number of benzene rings is 1. The van der Waals surface area contributed by atoms with Crippen LogP contribution in [0.3, 0.4) is 0 Å². The second-order valence-electron chi connectivity index (χ2n) is 9.13. The Balaban J connectivity index is 1.25. The Bertz CT molecular complexity index is 1270. The largest absolute Gasteiger partial charge is 0.326 e.